The molecule has 4 heteroatoms. The lowest BCUT2D eigenvalue weighted by molar-refractivity contribution is 0.242. The second kappa shape index (κ2) is 9.03. The van der Waals surface area contributed by atoms with Crippen molar-refractivity contribution in [3.63, 3.8) is 0 Å². The van der Waals surface area contributed by atoms with Gasteiger partial charge in [0.05, 0.1) is 18.2 Å². The number of rotatable bonds is 7. The van der Waals surface area contributed by atoms with Gasteiger partial charge in [-0.1, -0.05) is 18.2 Å². The first-order valence-electron chi connectivity index (χ1n) is 9.69. The van der Waals surface area contributed by atoms with Gasteiger partial charge in [0.25, 0.3) is 0 Å². The lowest BCUT2D eigenvalue weighted by Crippen LogP contribution is -2.32. The van der Waals surface area contributed by atoms with Crippen LogP contribution in [0.4, 0.5) is 0 Å². The lowest BCUT2D eigenvalue weighted by atomic mass is 9.99. The van der Waals surface area contributed by atoms with E-state index in [0.717, 1.165) is 42.0 Å². The molecular formula is C23H29N3O. The van der Waals surface area contributed by atoms with Crippen molar-refractivity contribution in [3.8, 4) is 22.9 Å². The molecule has 0 amide bonds. The maximum atomic E-state index is 9.00. The van der Waals surface area contributed by atoms with Crippen LogP contribution in [0.5, 0.6) is 5.75 Å². The molecule has 0 spiro atoms. The zero-order valence-corrected chi connectivity index (χ0v) is 16.6. The average Bonchev–Trinajstić information content (AvgIpc) is 3.15. The molecule has 0 aromatic heterocycles. The predicted octanol–water partition coefficient (Wildman–Crippen LogP) is 3.94. The number of nitrogens with zero attached hydrogens (tertiary/aromatic N) is 3. The molecular weight excluding hydrogens is 334 g/mol. The van der Waals surface area contributed by atoms with Gasteiger partial charge in [0.1, 0.15) is 5.75 Å². The number of ether oxygens (including phenoxy) is 1. The maximum Gasteiger partial charge on any atom is 0.119 e. The number of likely N-dealkylation sites (tertiary alicyclic amines) is 1. The third-order valence-corrected chi connectivity index (χ3v) is 5.39. The third-order valence-electron chi connectivity index (χ3n) is 5.39. The summed E-state index contributed by atoms with van der Waals surface area (Å²) in [6.07, 6.45) is 2.32. The Hall–Kier alpha value is -2.35. The Bertz CT molecular complexity index is 792. The van der Waals surface area contributed by atoms with Gasteiger partial charge in [0, 0.05) is 19.1 Å². The molecule has 142 valence electrons. The van der Waals surface area contributed by atoms with Gasteiger partial charge in [-0.15, -0.1) is 0 Å². The number of hydrogen-bond acceptors (Lipinski definition) is 4. The Labute approximate surface area is 163 Å². The van der Waals surface area contributed by atoms with Crippen molar-refractivity contribution in [1.29, 1.82) is 5.26 Å². The number of aryl methyl sites for hydroxylation is 1. The minimum atomic E-state index is 0.698. The van der Waals surface area contributed by atoms with Crippen LogP contribution in [0.25, 0.3) is 11.1 Å². The summed E-state index contributed by atoms with van der Waals surface area (Å²) < 4.78 is 5.92. The molecule has 1 fully saturated rings. The first-order valence-corrected chi connectivity index (χ1v) is 9.69. The maximum absolute atomic E-state index is 9.00. The normalized spacial score (nSPS) is 17.2. The highest BCUT2D eigenvalue weighted by Crippen LogP contribution is 2.26. The molecule has 3 rings (SSSR count). The van der Waals surface area contributed by atoms with Crippen molar-refractivity contribution in [3.05, 3.63) is 53.6 Å². The van der Waals surface area contributed by atoms with Gasteiger partial charge in [-0.2, -0.15) is 5.26 Å². The van der Waals surface area contributed by atoms with Crippen molar-refractivity contribution in [2.75, 3.05) is 40.3 Å². The van der Waals surface area contributed by atoms with Crippen LogP contribution < -0.4 is 4.74 Å². The summed E-state index contributed by atoms with van der Waals surface area (Å²) in [7, 11) is 4.33. The highest BCUT2D eigenvalue weighted by Gasteiger charge is 2.23. The van der Waals surface area contributed by atoms with Crippen LogP contribution in [0.3, 0.4) is 0 Å². The predicted molar refractivity (Wildman–Crippen MR) is 110 cm³/mol. The molecule has 2 aromatic carbocycles. The number of nitriles is 1. The van der Waals surface area contributed by atoms with E-state index < -0.39 is 0 Å². The fourth-order valence-electron chi connectivity index (χ4n) is 3.70. The summed E-state index contributed by atoms with van der Waals surface area (Å²) in [6, 6.07) is 16.9. The van der Waals surface area contributed by atoms with Crippen molar-refractivity contribution >= 4 is 0 Å². The Kier molecular flexibility index (Phi) is 6.49. The van der Waals surface area contributed by atoms with E-state index in [-0.39, 0.29) is 0 Å². The highest BCUT2D eigenvalue weighted by molar-refractivity contribution is 5.68. The topological polar surface area (TPSA) is 39.5 Å². The summed E-state index contributed by atoms with van der Waals surface area (Å²) in [5.74, 6) is 0.914. The van der Waals surface area contributed by atoms with Gasteiger partial charge < -0.3 is 14.5 Å². The molecule has 0 bridgehead atoms. The van der Waals surface area contributed by atoms with Gasteiger partial charge in [-0.25, -0.2) is 0 Å². The average molecular weight is 364 g/mol. The number of benzene rings is 2. The van der Waals surface area contributed by atoms with Crippen LogP contribution in [0.2, 0.25) is 0 Å². The van der Waals surface area contributed by atoms with Crippen molar-refractivity contribution in [2.24, 2.45) is 0 Å². The van der Waals surface area contributed by atoms with E-state index >= 15 is 0 Å². The summed E-state index contributed by atoms with van der Waals surface area (Å²) in [5, 5.41) is 9.00. The SMILES string of the molecule is Cc1cc(C#N)ccc1-c1ccc(OCCCN2CC[C@@H](N(C)C)C2)cc1. The molecule has 2 aromatic rings. The van der Waals surface area contributed by atoms with E-state index in [4.69, 9.17) is 10.00 Å². The monoisotopic (exact) mass is 363 g/mol. The van der Waals surface area contributed by atoms with Crippen LogP contribution in [0, 0.1) is 18.3 Å². The number of hydrogen-bond donors (Lipinski definition) is 0. The zero-order chi connectivity index (χ0) is 19.2. The molecule has 0 N–H and O–H groups in total. The van der Waals surface area contributed by atoms with E-state index in [0.29, 0.717) is 11.6 Å². The van der Waals surface area contributed by atoms with E-state index in [9.17, 15) is 0 Å². The zero-order valence-electron chi connectivity index (χ0n) is 16.6. The van der Waals surface area contributed by atoms with Gasteiger partial charge in [0.2, 0.25) is 0 Å². The highest BCUT2D eigenvalue weighted by atomic mass is 16.5. The van der Waals surface area contributed by atoms with E-state index in [2.05, 4.69) is 42.1 Å². The Morgan fingerprint density at radius 2 is 1.96 bits per heavy atom. The van der Waals surface area contributed by atoms with Gasteiger partial charge in [0.15, 0.2) is 0 Å². The van der Waals surface area contributed by atoms with Crippen LogP contribution in [0.1, 0.15) is 24.0 Å². The Morgan fingerprint density at radius 1 is 1.19 bits per heavy atom. The van der Waals surface area contributed by atoms with Crippen LogP contribution >= 0.6 is 0 Å². The summed E-state index contributed by atoms with van der Waals surface area (Å²) in [6.45, 7) is 6.26. The van der Waals surface area contributed by atoms with Crippen LogP contribution in [0.15, 0.2) is 42.5 Å². The second-order valence-corrected chi connectivity index (χ2v) is 7.57. The first kappa shape index (κ1) is 19.4. The summed E-state index contributed by atoms with van der Waals surface area (Å²) in [4.78, 5) is 4.86. The number of likely N-dealkylation sites (N-methyl/N-ethyl adjacent to an activating group) is 1. The molecule has 0 aliphatic carbocycles. The molecule has 4 nitrogen and oxygen atoms in total. The fourth-order valence-corrected chi connectivity index (χ4v) is 3.70. The molecule has 1 atom stereocenters. The quantitative estimate of drug-likeness (QED) is 0.699. The Balaban J connectivity index is 1.47. The second-order valence-electron chi connectivity index (χ2n) is 7.57. The molecule has 0 unspecified atom stereocenters. The molecule has 1 heterocycles. The van der Waals surface area contributed by atoms with Crippen molar-refractivity contribution in [2.45, 2.75) is 25.8 Å². The van der Waals surface area contributed by atoms with Crippen molar-refractivity contribution in [1.82, 2.24) is 9.80 Å². The fraction of sp³-hybridized carbons (Fsp3) is 0.435. The summed E-state index contributed by atoms with van der Waals surface area (Å²) in [5.41, 5.74) is 4.12. The van der Waals surface area contributed by atoms with Crippen LogP contribution in [-0.4, -0.2) is 56.2 Å². The van der Waals surface area contributed by atoms with Gasteiger partial charge >= 0.3 is 0 Å². The molecule has 0 saturated carbocycles. The molecule has 27 heavy (non-hydrogen) atoms. The smallest absolute Gasteiger partial charge is 0.119 e. The van der Waals surface area contributed by atoms with E-state index in [1.54, 1.807) is 0 Å². The van der Waals surface area contributed by atoms with E-state index in [1.165, 1.54) is 19.5 Å². The Morgan fingerprint density at radius 3 is 2.59 bits per heavy atom. The minimum Gasteiger partial charge on any atom is -0.494 e. The van der Waals surface area contributed by atoms with Crippen molar-refractivity contribution < 1.29 is 4.74 Å². The van der Waals surface area contributed by atoms with Crippen LogP contribution in [-0.2, 0) is 0 Å². The molecule has 1 aliphatic heterocycles. The molecule has 1 saturated heterocycles. The standard InChI is InChI=1S/C23H29N3O/c1-18-15-19(16-24)5-10-23(18)20-6-8-22(9-7-20)27-14-4-12-26-13-11-21(17-26)25(2)3/h5-10,15,21H,4,11-14,17H2,1-3H3/t21-/m1/s1. The first-order chi connectivity index (χ1) is 13.1. The lowest BCUT2D eigenvalue weighted by Gasteiger charge is -2.20. The van der Waals surface area contributed by atoms with Gasteiger partial charge in [-0.3, -0.25) is 0 Å². The largest absolute Gasteiger partial charge is 0.494 e. The molecule has 0 radical (unpaired) electrons. The van der Waals surface area contributed by atoms with Gasteiger partial charge in [-0.05, 0) is 81.4 Å². The van der Waals surface area contributed by atoms with E-state index in [1.807, 2.05) is 37.3 Å². The molecule has 1 aliphatic rings. The minimum absolute atomic E-state index is 0.698. The third kappa shape index (κ3) is 5.09. The summed E-state index contributed by atoms with van der Waals surface area (Å²) >= 11 is 0.